The Morgan fingerprint density at radius 1 is 1.22 bits per heavy atom. The minimum Gasteiger partial charge on any atom is -0.326 e. The molecule has 18 heavy (non-hydrogen) atoms. The minimum absolute atomic E-state index is 0.613. The molecule has 2 aromatic rings. The average molecular weight is 243 g/mol. The van der Waals surface area contributed by atoms with E-state index in [1.54, 1.807) is 0 Å². The number of aromatic nitrogens is 2. The standard InChI is InChI=1S/C15H21N3/c1-4-13-5-7-14(8-6-13)17-15-16-9-10-18(15)11-12(2)3/h5-10,12H,4,11H2,1-3H3,(H,16,17). The molecular formula is C15H21N3. The lowest BCUT2D eigenvalue weighted by atomic mass is 10.1. The quantitative estimate of drug-likeness (QED) is 0.864. The van der Waals surface area contributed by atoms with Crippen LogP contribution in [0.1, 0.15) is 26.3 Å². The molecule has 1 N–H and O–H groups in total. The molecule has 0 bridgehead atoms. The number of nitrogens with one attached hydrogen (secondary N) is 1. The smallest absolute Gasteiger partial charge is 0.207 e. The Balaban J connectivity index is 2.10. The number of hydrogen-bond acceptors (Lipinski definition) is 2. The van der Waals surface area contributed by atoms with Gasteiger partial charge in [-0.15, -0.1) is 0 Å². The number of nitrogens with zero attached hydrogens (tertiary/aromatic N) is 2. The van der Waals surface area contributed by atoms with Gasteiger partial charge < -0.3 is 9.88 Å². The van der Waals surface area contributed by atoms with E-state index in [9.17, 15) is 0 Å². The molecule has 1 heterocycles. The van der Waals surface area contributed by atoms with Crippen LogP contribution in [0.4, 0.5) is 11.6 Å². The van der Waals surface area contributed by atoms with Crippen molar-refractivity contribution < 1.29 is 0 Å². The van der Waals surface area contributed by atoms with Gasteiger partial charge in [0.05, 0.1) is 0 Å². The fraction of sp³-hybridized carbons (Fsp3) is 0.400. The maximum atomic E-state index is 4.36. The topological polar surface area (TPSA) is 29.9 Å². The van der Waals surface area contributed by atoms with Gasteiger partial charge in [0.15, 0.2) is 0 Å². The molecule has 0 radical (unpaired) electrons. The number of benzene rings is 1. The van der Waals surface area contributed by atoms with Gasteiger partial charge in [0.1, 0.15) is 0 Å². The highest BCUT2D eigenvalue weighted by Crippen LogP contribution is 2.17. The molecule has 3 nitrogen and oxygen atoms in total. The highest BCUT2D eigenvalue weighted by Gasteiger charge is 2.04. The van der Waals surface area contributed by atoms with Gasteiger partial charge >= 0.3 is 0 Å². The van der Waals surface area contributed by atoms with Gasteiger partial charge in [-0.3, -0.25) is 0 Å². The second-order valence-electron chi connectivity index (χ2n) is 4.97. The summed E-state index contributed by atoms with van der Waals surface area (Å²) in [7, 11) is 0. The average Bonchev–Trinajstić information content (AvgIpc) is 2.77. The highest BCUT2D eigenvalue weighted by atomic mass is 15.2. The lowest BCUT2D eigenvalue weighted by Gasteiger charge is -2.12. The molecule has 3 heteroatoms. The van der Waals surface area contributed by atoms with Crippen molar-refractivity contribution >= 4 is 11.6 Å². The predicted octanol–water partition coefficient (Wildman–Crippen LogP) is 3.85. The summed E-state index contributed by atoms with van der Waals surface area (Å²) in [6.07, 6.45) is 4.93. The van der Waals surface area contributed by atoms with Crippen molar-refractivity contribution in [2.45, 2.75) is 33.7 Å². The van der Waals surface area contributed by atoms with Gasteiger partial charge in [0.25, 0.3) is 0 Å². The first-order chi connectivity index (χ1) is 8.69. The number of imidazole rings is 1. The SMILES string of the molecule is CCc1ccc(Nc2nccn2CC(C)C)cc1. The summed E-state index contributed by atoms with van der Waals surface area (Å²) in [6, 6.07) is 8.51. The van der Waals surface area contributed by atoms with Crippen molar-refractivity contribution in [3.8, 4) is 0 Å². The monoisotopic (exact) mass is 243 g/mol. The van der Waals surface area contributed by atoms with Crippen molar-refractivity contribution in [2.24, 2.45) is 5.92 Å². The Morgan fingerprint density at radius 2 is 1.94 bits per heavy atom. The van der Waals surface area contributed by atoms with Crippen LogP contribution in [-0.2, 0) is 13.0 Å². The van der Waals surface area contributed by atoms with E-state index in [1.807, 2.05) is 12.4 Å². The van der Waals surface area contributed by atoms with Crippen molar-refractivity contribution in [3.63, 3.8) is 0 Å². The lowest BCUT2D eigenvalue weighted by Crippen LogP contribution is -2.07. The summed E-state index contributed by atoms with van der Waals surface area (Å²) in [6.45, 7) is 7.56. The molecule has 0 spiro atoms. The maximum absolute atomic E-state index is 4.36. The fourth-order valence-electron chi connectivity index (χ4n) is 1.93. The Kier molecular flexibility index (Phi) is 4.03. The Hall–Kier alpha value is -1.77. The van der Waals surface area contributed by atoms with Crippen LogP contribution in [0.25, 0.3) is 0 Å². The Labute approximate surface area is 109 Å². The molecule has 0 fully saturated rings. The molecule has 0 unspecified atom stereocenters. The molecule has 1 aromatic carbocycles. The summed E-state index contributed by atoms with van der Waals surface area (Å²) in [5.74, 6) is 1.52. The summed E-state index contributed by atoms with van der Waals surface area (Å²) < 4.78 is 2.15. The molecule has 0 saturated heterocycles. The van der Waals surface area contributed by atoms with Crippen molar-refractivity contribution in [3.05, 3.63) is 42.2 Å². The van der Waals surface area contributed by atoms with E-state index in [-0.39, 0.29) is 0 Å². The molecule has 0 saturated carbocycles. The summed E-state index contributed by atoms with van der Waals surface area (Å²) in [4.78, 5) is 4.36. The van der Waals surface area contributed by atoms with Crippen LogP contribution in [-0.4, -0.2) is 9.55 Å². The zero-order valence-corrected chi connectivity index (χ0v) is 11.4. The third kappa shape index (κ3) is 3.13. The van der Waals surface area contributed by atoms with Crippen molar-refractivity contribution in [2.75, 3.05) is 5.32 Å². The van der Waals surface area contributed by atoms with Crippen LogP contribution < -0.4 is 5.32 Å². The predicted molar refractivity (Wildman–Crippen MR) is 76.2 cm³/mol. The first kappa shape index (κ1) is 12.7. The largest absolute Gasteiger partial charge is 0.326 e. The second kappa shape index (κ2) is 5.71. The maximum Gasteiger partial charge on any atom is 0.207 e. The van der Waals surface area contributed by atoms with Gasteiger partial charge in [-0.1, -0.05) is 32.9 Å². The van der Waals surface area contributed by atoms with E-state index in [1.165, 1.54) is 5.56 Å². The first-order valence-electron chi connectivity index (χ1n) is 6.56. The van der Waals surface area contributed by atoms with Crippen molar-refractivity contribution in [1.29, 1.82) is 0 Å². The zero-order chi connectivity index (χ0) is 13.0. The number of hydrogen-bond donors (Lipinski definition) is 1. The van der Waals surface area contributed by atoms with E-state index in [2.05, 4.69) is 59.9 Å². The molecule has 96 valence electrons. The molecule has 0 atom stereocenters. The van der Waals surface area contributed by atoms with E-state index in [0.717, 1.165) is 24.6 Å². The molecule has 0 aliphatic rings. The number of anilines is 2. The third-order valence-corrected chi connectivity index (χ3v) is 2.90. The van der Waals surface area contributed by atoms with E-state index in [4.69, 9.17) is 0 Å². The molecule has 2 rings (SSSR count). The lowest BCUT2D eigenvalue weighted by molar-refractivity contribution is 0.527. The number of aryl methyl sites for hydroxylation is 1. The van der Waals surface area contributed by atoms with Crippen LogP contribution in [0, 0.1) is 5.92 Å². The Morgan fingerprint density at radius 3 is 2.56 bits per heavy atom. The molecular weight excluding hydrogens is 222 g/mol. The van der Waals surface area contributed by atoms with Gasteiger partial charge in [-0.25, -0.2) is 4.98 Å². The second-order valence-corrected chi connectivity index (χ2v) is 4.97. The van der Waals surface area contributed by atoms with Crippen LogP contribution in [0.15, 0.2) is 36.7 Å². The molecule has 0 amide bonds. The fourth-order valence-corrected chi connectivity index (χ4v) is 1.93. The van der Waals surface area contributed by atoms with Gasteiger partial charge in [0, 0.05) is 24.6 Å². The Bertz CT molecular complexity index is 483. The van der Waals surface area contributed by atoms with Crippen LogP contribution >= 0.6 is 0 Å². The van der Waals surface area contributed by atoms with Crippen molar-refractivity contribution in [1.82, 2.24) is 9.55 Å². The number of rotatable bonds is 5. The summed E-state index contributed by atoms with van der Waals surface area (Å²) in [5.41, 5.74) is 2.44. The third-order valence-electron chi connectivity index (χ3n) is 2.90. The molecule has 0 aliphatic heterocycles. The van der Waals surface area contributed by atoms with E-state index in [0.29, 0.717) is 5.92 Å². The normalized spacial score (nSPS) is 10.9. The summed E-state index contributed by atoms with van der Waals surface area (Å²) in [5, 5.41) is 3.36. The van der Waals surface area contributed by atoms with Gasteiger partial charge in [0.2, 0.25) is 5.95 Å². The minimum atomic E-state index is 0.613. The van der Waals surface area contributed by atoms with Gasteiger partial charge in [-0.05, 0) is 30.0 Å². The van der Waals surface area contributed by atoms with Crippen LogP contribution in [0.2, 0.25) is 0 Å². The molecule has 0 aliphatic carbocycles. The van der Waals surface area contributed by atoms with Gasteiger partial charge in [-0.2, -0.15) is 0 Å². The van der Waals surface area contributed by atoms with Crippen LogP contribution in [0.5, 0.6) is 0 Å². The van der Waals surface area contributed by atoms with Crippen LogP contribution in [0.3, 0.4) is 0 Å². The summed E-state index contributed by atoms with van der Waals surface area (Å²) >= 11 is 0. The highest BCUT2D eigenvalue weighted by molar-refractivity contribution is 5.54. The van der Waals surface area contributed by atoms with E-state index < -0.39 is 0 Å². The van der Waals surface area contributed by atoms with E-state index >= 15 is 0 Å². The molecule has 1 aromatic heterocycles. The first-order valence-corrected chi connectivity index (χ1v) is 6.56. The zero-order valence-electron chi connectivity index (χ0n) is 11.4.